The predicted octanol–water partition coefficient (Wildman–Crippen LogP) is 6.65. The lowest BCUT2D eigenvalue weighted by Gasteiger charge is -2.12. The highest BCUT2D eigenvalue weighted by molar-refractivity contribution is 6.33. The minimum atomic E-state index is -4.57. The summed E-state index contributed by atoms with van der Waals surface area (Å²) in [5, 5.41) is 3.30. The molecular formula is C21H12Cl2F3NO2. The highest BCUT2D eigenvalue weighted by atomic mass is 35.5. The van der Waals surface area contributed by atoms with Crippen LogP contribution in [0.5, 0.6) is 0 Å². The largest absolute Gasteiger partial charge is 0.461 e. The first-order valence-electron chi connectivity index (χ1n) is 8.79. The van der Waals surface area contributed by atoms with Gasteiger partial charge in [-0.1, -0.05) is 29.3 Å². The molecule has 1 amide bonds. The molecule has 3 aromatic rings. The van der Waals surface area contributed by atoms with Gasteiger partial charge in [-0.05, 0) is 54.4 Å². The number of anilines is 1. The van der Waals surface area contributed by atoms with Gasteiger partial charge in [0, 0.05) is 22.2 Å². The number of hydrogen-bond acceptors (Lipinski definition) is 2. The number of benzene rings is 2. The summed E-state index contributed by atoms with van der Waals surface area (Å²) in [6, 6.07) is 11.8. The van der Waals surface area contributed by atoms with Crippen molar-refractivity contribution in [3.8, 4) is 11.3 Å². The second-order valence-electron chi connectivity index (χ2n) is 7.23. The van der Waals surface area contributed by atoms with E-state index in [4.69, 9.17) is 27.6 Å². The van der Waals surface area contributed by atoms with Crippen LogP contribution in [0.3, 0.4) is 0 Å². The van der Waals surface area contributed by atoms with Crippen molar-refractivity contribution < 1.29 is 22.4 Å². The number of amides is 1. The summed E-state index contributed by atoms with van der Waals surface area (Å²) < 4.78 is 46.1. The van der Waals surface area contributed by atoms with Crippen molar-refractivity contribution >= 4 is 34.8 Å². The van der Waals surface area contributed by atoms with Crippen LogP contribution >= 0.6 is 23.2 Å². The van der Waals surface area contributed by atoms with Crippen LogP contribution in [0.15, 0.2) is 52.9 Å². The third kappa shape index (κ3) is 2.69. The van der Waals surface area contributed by atoms with Crippen molar-refractivity contribution in [2.75, 3.05) is 5.32 Å². The number of carbonyl (C=O) groups excluding carboxylic acids is 1. The summed E-state index contributed by atoms with van der Waals surface area (Å²) in [7, 11) is 0. The molecule has 1 spiro atoms. The number of alkyl halides is 3. The maximum absolute atomic E-state index is 13.4. The molecular weight excluding hydrogens is 426 g/mol. The highest BCUT2D eigenvalue weighted by Crippen LogP contribution is 2.65. The van der Waals surface area contributed by atoms with E-state index in [1.165, 1.54) is 18.2 Å². The molecule has 0 radical (unpaired) electrons. The first-order valence-corrected chi connectivity index (χ1v) is 9.55. The standard InChI is InChI=1S/C21H12Cl2F3NO2/c22-10-4-5-15-12(8-10)20(19(28)27-15)9-13(20)16-6-7-17(29-16)18-11(21(24,25)26)2-1-3-14(18)23/h1-8,13H,9H2,(H,27,28). The van der Waals surface area contributed by atoms with E-state index in [9.17, 15) is 18.0 Å². The summed E-state index contributed by atoms with van der Waals surface area (Å²) in [6.07, 6.45) is -4.08. The fourth-order valence-electron chi connectivity index (χ4n) is 4.19. The lowest BCUT2D eigenvalue weighted by Crippen LogP contribution is -2.20. The molecule has 29 heavy (non-hydrogen) atoms. The zero-order chi connectivity index (χ0) is 20.6. The van der Waals surface area contributed by atoms with Crippen LogP contribution in [0.4, 0.5) is 18.9 Å². The summed E-state index contributed by atoms with van der Waals surface area (Å²) in [6.45, 7) is 0. The van der Waals surface area contributed by atoms with Crippen LogP contribution in [-0.2, 0) is 16.4 Å². The number of nitrogens with one attached hydrogen (secondary N) is 1. The van der Waals surface area contributed by atoms with Crippen molar-refractivity contribution in [1.82, 2.24) is 0 Å². The number of carbonyl (C=O) groups is 1. The molecule has 3 nitrogen and oxygen atoms in total. The number of furan rings is 1. The van der Waals surface area contributed by atoms with Gasteiger partial charge in [-0.2, -0.15) is 13.2 Å². The Hall–Kier alpha value is -2.44. The molecule has 5 rings (SSSR count). The molecule has 148 valence electrons. The molecule has 8 heteroatoms. The summed E-state index contributed by atoms with van der Waals surface area (Å²) in [4.78, 5) is 12.7. The summed E-state index contributed by atoms with van der Waals surface area (Å²) in [5.74, 6) is 0.0138. The average molecular weight is 438 g/mol. The third-order valence-corrected chi connectivity index (χ3v) is 6.16. The Kier molecular flexibility index (Phi) is 3.86. The minimum absolute atomic E-state index is 0.0182. The first kappa shape index (κ1) is 18.6. The molecule has 2 aliphatic rings. The van der Waals surface area contributed by atoms with E-state index >= 15 is 0 Å². The second-order valence-corrected chi connectivity index (χ2v) is 8.08. The molecule has 0 bridgehead atoms. The Morgan fingerprint density at radius 3 is 2.66 bits per heavy atom. The van der Waals surface area contributed by atoms with Gasteiger partial charge in [-0.3, -0.25) is 4.79 Å². The monoisotopic (exact) mass is 437 g/mol. The number of fused-ring (bicyclic) bond motifs is 2. The van der Waals surface area contributed by atoms with Gasteiger partial charge in [0.2, 0.25) is 5.91 Å². The van der Waals surface area contributed by atoms with E-state index in [-0.39, 0.29) is 28.2 Å². The molecule has 2 heterocycles. The highest BCUT2D eigenvalue weighted by Gasteiger charge is 2.66. The number of halogens is 5. The van der Waals surface area contributed by atoms with Crippen LogP contribution in [0, 0.1) is 0 Å². The molecule has 2 atom stereocenters. The van der Waals surface area contributed by atoms with E-state index in [0.29, 0.717) is 22.9 Å². The van der Waals surface area contributed by atoms with Crippen LogP contribution in [0.2, 0.25) is 10.0 Å². The molecule has 1 aliphatic carbocycles. The second kappa shape index (κ2) is 6.03. The Bertz CT molecular complexity index is 1170. The molecule has 0 saturated heterocycles. The van der Waals surface area contributed by atoms with Crippen molar-refractivity contribution in [3.05, 3.63) is 75.5 Å². The van der Waals surface area contributed by atoms with Gasteiger partial charge in [0.1, 0.15) is 11.5 Å². The van der Waals surface area contributed by atoms with Crippen molar-refractivity contribution in [2.24, 2.45) is 0 Å². The van der Waals surface area contributed by atoms with Gasteiger partial charge in [0.15, 0.2) is 0 Å². The predicted molar refractivity (Wildman–Crippen MR) is 103 cm³/mol. The normalized spacial score (nSPS) is 22.7. The van der Waals surface area contributed by atoms with Gasteiger partial charge in [-0.15, -0.1) is 0 Å². The van der Waals surface area contributed by atoms with E-state index in [1.54, 1.807) is 24.3 Å². The molecule has 2 aromatic carbocycles. The number of rotatable bonds is 2. The fraction of sp³-hybridized carbons (Fsp3) is 0.190. The van der Waals surface area contributed by atoms with Crippen molar-refractivity contribution in [2.45, 2.75) is 23.9 Å². The lowest BCUT2D eigenvalue weighted by molar-refractivity contribution is -0.137. The van der Waals surface area contributed by atoms with Gasteiger partial charge < -0.3 is 9.73 Å². The molecule has 1 fully saturated rings. The first-order chi connectivity index (χ1) is 13.7. The molecule has 2 unspecified atom stereocenters. The van der Waals surface area contributed by atoms with Crippen molar-refractivity contribution in [1.29, 1.82) is 0 Å². The van der Waals surface area contributed by atoms with Crippen LogP contribution < -0.4 is 5.32 Å². The van der Waals surface area contributed by atoms with Gasteiger partial charge in [-0.25, -0.2) is 0 Å². The Morgan fingerprint density at radius 1 is 1.10 bits per heavy atom. The van der Waals surface area contributed by atoms with Crippen LogP contribution in [0.25, 0.3) is 11.3 Å². The van der Waals surface area contributed by atoms with E-state index in [0.717, 1.165) is 11.6 Å². The lowest BCUT2D eigenvalue weighted by atomic mass is 9.94. The summed E-state index contributed by atoms with van der Waals surface area (Å²) in [5.41, 5.74) is -0.400. The SMILES string of the molecule is O=C1Nc2ccc(Cl)cc2C12CC2c1ccc(-c2c(Cl)cccc2C(F)(F)F)o1. The Balaban J connectivity index is 1.55. The molecule has 1 N–H and O–H groups in total. The fourth-order valence-corrected chi connectivity index (χ4v) is 4.63. The Labute approximate surface area is 173 Å². The van der Waals surface area contributed by atoms with E-state index < -0.39 is 17.2 Å². The van der Waals surface area contributed by atoms with Gasteiger partial charge >= 0.3 is 6.18 Å². The van der Waals surface area contributed by atoms with E-state index in [1.807, 2.05) is 0 Å². The molecule has 1 aliphatic heterocycles. The van der Waals surface area contributed by atoms with Crippen molar-refractivity contribution in [3.63, 3.8) is 0 Å². The quantitative estimate of drug-likeness (QED) is 0.487. The zero-order valence-corrected chi connectivity index (χ0v) is 16.1. The summed E-state index contributed by atoms with van der Waals surface area (Å²) >= 11 is 12.2. The smallest absolute Gasteiger partial charge is 0.417 e. The topological polar surface area (TPSA) is 42.2 Å². The average Bonchev–Trinajstić information content (AvgIpc) is 3.12. The van der Waals surface area contributed by atoms with E-state index in [2.05, 4.69) is 5.32 Å². The van der Waals surface area contributed by atoms with Gasteiger partial charge in [0.05, 0.1) is 16.0 Å². The minimum Gasteiger partial charge on any atom is -0.461 e. The number of hydrogen-bond donors (Lipinski definition) is 1. The van der Waals surface area contributed by atoms with Gasteiger partial charge in [0.25, 0.3) is 0 Å². The molecule has 1 aromatic heterocycles. The maximum Gasteiger partial charge on any atom is 0.417 e. The molecule has 1 saturated carbocycles. The maximum atomic E-state index is 13.4. The van der Waals surface area contributed by atoms with Crippen LogP contribution in [-0.4, -0.2) is 5.91 Å². The third-order valence-electron chi connectivity index (χ3n) is 5.61. The zero-order valence-electron chi connectivity index (χ0n) is 14.6. The Morgan fingerprint density at radius 2 is 1.90 bits per heavy atom. The van der Waals surface area contributed by atoms with Crippen LogP contribution in [0.1, 0.15) is 29.2 Å².